The quantitative estimate of drug-likeness (QED) is 0.710. The van der Waals surface area contributed by atoms with E-state index in [2.05, 4.69) is 4.98 Å². The van der Waals surface area contributed by atoms with E-state index in [0.717, 1.165) is 5.56 Å². The van der Waals surface area contributed by atoms with Crippen molar-refractivity contribution in [1.29, 1.82) is 0 Å². The fourth-order valence-corrected chi connectivity index (χ4v) is 3.79. The normalized spacial score (nSPS) is 13.4. The van der Waals surface area contributed by atoms with Crippen molar-refractivity contribution in [1.82, 2.24) is 4.98 Å². The van der Waals surface area contributed by atoms with Crippen LogP contribution in [0.4, 0.5) is 0 Å². The molecule has 0 saturated heterocycles. The Morgan fingerprint density at radius 2 is 2.08 bits per heavy atom. The molecule has 0 aliphatic rings. The first kappa shape index (κ1) is 19.8. The zero-order valence-corrected chi connectivity index (χ0v) is 16.0. The first-order chi connectivity index (χ1) is 11.7. The summed E-state index contributed by atoms with van der Waals surface area (Å²) >= 11 is 13.4. The van der Waals surface area contributed by atoms with Crippen molar-refractivity contribution in [3.05, 3.63) is 39.3 Å². The summed E-state index contributed by atoms with van der Waals surface area (Å²) in [5, 5.41) is 12.8. The number of carboxylic acid groups (broad SMARTS) is 1. The smallest absolute Gasteiger partial charge is 0.312 e. The maximum atomic E-state index is 12.3. The van der Waals surface area contributed by atoms with Gasteiger partial charge in [0.2, 0.25) is 0 Å². The molecule has 5 nitrogen and oxygen atoms in total. The Morgan fingerprint density at radius 3 is 2.68 bits per heavy atom. The van der Waals surface area contributed by atoms with Crippen LogP contribution in [0.15, 0.2) is 23.6 Å². The minimum atomic E-state index is -1.25. The standard InChI is InChI=1S/C17H17Cl2NO4S/c1-17(9-24-2,16(22)23)7-12(21)6-11-8-25-15(20-11)13-4-3-10(18)5-14(13)19/h3-5,8H,6-7,9H2,1-2H3,(H,22,23). The number of carbonyl (C=O) groups is 2. The highest BCUT2D eigenvalue weighted by Gasteiger charge is 2.35. The van der Waals surface area contributed by atoms with E-state index in [4.69, 9.17) is 27.9 Å². The molecule has 25 heavy (non-hydrogen) atoms. The zero-order chi connectivity index (χ0) is 18.6. The van der Waals surface area contributed by atoms with E-state index in [1.807, 2.05) is 0 Å². The molecule has 0 spiro atoms. The minimum Gasteiger partial charge on any atom is -0.481 e. The molecule has 0 radical (unpaired) electrons. The molecule has 1 aromatic heterocycles. The highest BCUT2D eigenvalue weighted by Crippen LogP contribution is 2.32. The van der Waals surface area contributed by atoms with Crippen molar-refractivity contribution in [3.63, 3.8) is 0 Å². The maximum absolute atomic E-state index is 12.3. The Balaban J connectivity index is 2.10. The van der Waals surface area contributed by atoms with Crippen molar-refractivity contribution < 1.29 is 19.4 Å². The second kappa shape index (κ2) is 8.27. The lowest BCUT2D eigenvalue weighted by molar-refractivity contribution is -0.153. The molecule has 1 heterocycles. The lowest BCUT2D eigenvalue weighted by Gasteiger charge is -2.22. The third-order valence-corrected chi connectivity index (χ3v) is 5.13. The zero-order valence-electron chi connectivity index (χ0n) is 13.7. The summed E-state index contributed by atoms with van der Waals surface area (Å²) in [6.07, 6.45) is -0.0565. The van der Waals surface area contributed by atoms with E-state index in [0.29, 0.717) is 20.7 Å². The number of Topliss-reactive ketones (excluding diaryl/α,β-unsaturated/α-hetero) is 1. The van der Waals surface area contributed by atoms with E-state index in [1.165, 1.54) is 25.4 Å². The van der Waals surface area contributed by atoms with Crippen LogP contribution in [0.1, 0.15) is 19.0 Å². The van der Waals surface area contributed by atoms with E-state index in [1.54, 1.807) is 23.6 Å². The van der Waals surface area contributed by atoms with Gasteiger partial charge in [-0.05, 0) is 25.1 Å². The molecule has 0 aliphatic carbocycles. The fraction of sp³-hybridized carbons (Fsp3) is 0.353. The number of aromatic nitrogens is 1. The van der Waals surface area contributed by atoms with E-state index < -0.39 is 11.4 Å². The highest BCUT2D eigenvalue weighted by atomic mass is 35.5. The molecule has 0 bridgehead atoms. The van der Waals surface area contributed by atoms with Gasteiger partial charge in [0.15, 0.2) is 0 Å². The van der Waals surface area contributed by atoms with Gasteiger partial charge in [-0.15, -0.1) is 11.3 Å². The van der Waals surface area contributed by atoms with Crippen molar-refractivity contribution in [2.75, 3.05) is 13.7 Å². The van der Waals surface area contributed by atoms with Gasteiger partial charge >= 0.3 is 5.97 Å². The van der Waals surface area contributed by atoms with Crippen molar-refractivity contribution in [3.8, 4) is 10.6 Å². The van der Waals surface area contributed by atoms with Crippen LogP contribution >= 0.6 is 34.5 Å². The van der Waals surface area contributed by atoms with Gasteiger partial charge in [0, 0.05) is 35.9 Å². The summed E-state index contributed by atoms with van der Waals surface area (Å²) in [4.78, 5) is 28.1. The van der Waals surface area contributed by atoms with Gasteiger partial charge in [-0.1, -0.05) is 23.2 Å². The van der Waals surface area contributed by atoms with Crippen molar-refractivity contribution in [2.45, 2.75) is 19.8 Å². The second-order valence-electron chi connectivity index (χ2n) is 5.96. The van der Waals surface area contributed by atoms with Crippen molar-refractivity contribution >= 4 is 46.3 Å². The fourth-order valence-electron chi connectivity index (χ4n) is 2.38. The summed E-state index contributed by atoms with van der Waals surface area (Å²) in [6.45, 7) is 1.47. The summed E-state index contributed by atoms with van der Waals surface area (Å²) < 4.78 is 4.93. The average molecular weight is 402 g/mol. The predicted molar refractivity (Wildman–Crippen MR) is 98.5 cm³/mol. The lowest BCUT2D eigenvalue weighted by Crippen LogP contribution is -2.35. The van der Waals surface area contributed by atoms with E-state index in [-0.39, 0.29) is 25.2 Å². The molecule has 1 aromatic carbocycles. The SMILES string of the molecule is COCC(C)(CC(=O)Cc1csc(-c2ccc(Cl)cc2Cl)n1)C(=O)O. The third kappa shape index (κ3) is 5.01. The van der Waals surface area contributed by atoms with Gasteiger partial charge in [-0.2, -0.15) is 0 Å². The Bertz CT molecular complexity index is 793. The maximum Gasteiger partial charge on any atom is 0.312 e. The number of nitrogens with zero attached hydrogens (tertiary/aromatic N) is 1. The van der Waals surface area contributed by atoms with Crippen molar-refractivity contribution in [2.24, 2.45) is 5.41 Å². The number of hydrogen-bond acceptors (Lipinski definition) is 5. The molecule has 2 aromatic rings. The van der Waals surface area contributed by atoms with Crippen LogP contribution in [-0.4, -0.2) is 35.6 Å². The van der Waals surface area contributed by atoms with Gasteiger partial charge in [0.1, 0.15) is 10.8 Å². The Morgan fingerprint density at radius 1 is 1.36 bits per heavy atom. The van der Waals surface area contributed by atoms with Crippen LogP contribution in [0.25, 0.3) is 10.6 Å². The topological polar surface area (TPSA) is 76.5 Å². The summed E-state index contributed by atoms with van der Waals surface area (Å²) in [6, 6.07) is 5.13. The number of hydrogen-bond donors (Lipinski definition) is 1. The Kier molecular flexibility index (Phi) is 6.57. The van der Waals surface area contributed by atoms with Gasteiger partial charge in [-0.3, -0.25) is 9.59 Å². The van der Waals surface area contributed by atoms with Crippen LogP contribution in [-0.2, 0) is 20.7 Å². The largest absolute Gasteiger partial charge is 0.481 e. The number of ketones is 1. The predicted octanol–water partition coefficient (Wildman–Crippen LogP) is 4.36. The van der Waals surface area contributed by atoms with Crippen LogP contribution < -0.4 is 0 Å². The first-order valence-electron chi connectivity index (χ1n) is 7.39. The number of carbonyl (C=O) groups excluding carboxylic acids is 1. The molecule has 8 heteroatoms. The van der Waals surface area contributed by atoms with Gasteiger partial charge in [0.05, 0.1) is 22.7 Å². The van der Waals surface area contributed by atoms with E-state index >= 15 is 0 Å². The highest BCUT2D eigenvalue weighted by molar-refractivity contribution is 7.13. The number of rotatable bonds is 8. The van der Waals surface area contributed by atoms with Gasteiger partial charge in [0.25, 0.3) is 0 Å². The second-order valence-corrected chi connectivity index (χ2v) is 7.66. The van der Waals surface area contributed by atoms with Crippen LogP contribution in [0.5, 0.6) is 0 Å². The molecular weight excluding hydrogens is 385 g/mol. The third-order valence-electron chi connectivity index (χ3n) is 3.66. The average Bonchev–Trinajstić information content (AvgIpc) is 2.95. The van der Waals surface area contributed by atoms with Gasteiger partial charge in [-0.25, -0.2) is 4.98 Å². The molecule has 1 atom stereocenters. The Labute approximate surface area is 159 Å². The first-order valence-corrected chi connectivity index (χ1v) is 9.02. The number of benzene rings is 1. The van der Waals surface area contributed by atoms with E-state index in [9.17, 15) is 14.7 Å². The molecule has 0 aliphatic heterocycles. The molecule has 1 unspecified atom stereocenters. The number of halogens is 2. The number of thiazole rings is 1. The molecule has 2 rings (SSSR count). The number of methoxy groups -OCH3 is 1. The number of ether oxygens (including phenoxy) is 1. The Hall–Kier alpha value is -1.47. The van der Waals surface area contributed by atoms with Crippen LogP contribution in [0, 0.1) is 5.41 Å². The molecule has 1 N–H and O–H groups in total. The molecular formula is C17H17Cl2NO4S. The van der Waals surface area contributed by atoms with Gasteiger partial charge < -0.3 is 9.84 Å². The van der Waals surface area contributed by atoms with Crippen LogP contribution in [0.3, 0.4) is 0 Å². The summed E-state index contributed by atoms with van der Waals surface area (Å²) in [5.74, 6) is -1.27. The molecule has 0 amide bonds. The van der Waals surface area contributed by atoms with Crippen LogP contribution in [0.2, 0.25) is 10.0 Å². The molecule has 134 valence electrons. The summed E-state index contributed by atoms with van der Waals surface area (Å²) in [5.41, 5.74) is 0.0789. The lowest BCUT2D eigenvalue weighted by atomic mass is 9.85. The molecule has 0 saturated carbocycles. The minimum absolute atomic E-state index is 0.0310. The molecule has 0 fully saturated rings. The monoisotopic (exact) mass is 401 g/mol. The number of aliphatic carboxylic acids is 1. The number of carboxylic acids is 1. The summed E-state index contributed by atoms with van der Waals surface area (Å²) in [7, 11) is 1.41.